The first-order chi connectivity index (χ1) is 9.93. The number of ether oxygens (including phenoxy) is 1. The fourth-order valence-electron chi connectivity index (χ4n) is 3.33. The third-order valence-electron chi connectivity index (χ3n) is 4.05. The zero-order chi connectivity index (χ0) is 17.6. The summed E-state index contributed by atoms with van der Waals surface area (Å²) >= 11 is 0. The molecule has 0 saturated carbocycles. The molecule has 1 N–H and O–H groups in total. The average molecular weight is 332 g/mol. The van der Waals surface area contributed by atoms with Gasteiger partial charge in [-0.15, -0.1) is 0 Å². The summed E-state index contributed by atoms with van der Waals surface area (Å²) in [4.78, 5) is 11.6. The molecule has 132 valence electrons. The first-order valence-electron chi connectivity index (χ1n) is 8.54. The molecule has 0 bridgehead atoms. The lowest BCUT2D eigenvalue weighted by Crippen LogP contribution is -2.48. The summed E-state index contributed by atoms with van der Waals surface area (Å²) in [6, 6.07) is 0. The van der Waals surface area contributed by atoms with Crippen molar-refractivity contribution in [1.29, 1.82) is 0 Å². The van der Waals surface area contributed by atoms with E-state index >= 15 is 0 Å². The summed E-state index contributed by atoms with van der Waals surface area (Å²) in [6.45, 7) is 20.6. The number of carbonyl (C=O) groups excluding carboxylic acids is 1. The molecule has 0 radical (unpaired) electrons. The highest BCUT2D eigenvalue weighted by atomic mass is 28.4. The summed E-state index contributed by atoms with van der Waals surface area (Å²) in [6.07, 6.45) is 0.466. The molecule has 0 rings (SSSR count). The molecule has 0 atom stereocenters. The number of alkyl carbamates (subject to hydrolysis) is 1. The van der Waals surface area contributed by atoms with Crippen molar-refractivity contribution >= 4 is 14.4 Å². The molecule has 0 saturated heterocycles. The summed E-state index contributed by atoms with van der Waals surface area (Å²) in [5, 5.41) is 2.79. The molecule has 0 aliphatic heterocycles. The quantitative estimate of drug-likeness (QED) is 0.497. The van der Waals surface area contributed by atoms with Gasteiger partial charge in [-0.05, 0) is 43.8 Å². The van der Waals surface area contributed by atoms with Crippen LogP contribution in [0.2, 0.25) is 16.6 Å². The molecule has 0 aromatic carbocycles. The second-order valence-electron chi connectivity index (χ2n) is 7.95. The number of hydrogen-bond acceptors (Lipinski definition) is 3. The molecule has 0 spiro atoms. The predicted octanol–water partition coefficient (Wildman–Crippen LogP) is 5.09. The SMILES string of the molecule is CC(C)[Si](OCCCNC(=O)OC(C)(C)C)(C(C)C)C(C)C. The number of carbonyl (C=O) groups is 1. The lowest BCUT2D eigenvalue weighted by atomic mass is 10.2. The fourth-order valence-corrected chi connectivity index (χ4v) is 8.82. The molecule has 4 nitrogen and oxygen atoms in total. The molecule has 0 aromatic heterocycles. The van der Waals surface area contributed by atoms with E-state index in [1.807, 2.05) is 20.8 Å². The lowest BCUT2D eigenvalue weighted by Gasteiger charge is -2.42. The normalized spacial score (nSPS) is 13.1. The Balaban J connectivity index is 4.29. The van der Waals surface area contributed by atoms with E-state index in [0.29, 0.717) is 29.8 Å². The first-order valence-corrected chi connectivity index (χ1v) is 10.7. The zero-order valence-electron chi connectivity index (χ0n) is 16.1. The molecule has 5 heteroatoms. The van der Waals surface area contributed by atoms with Gasteiger partial charge in [-0.1, -0.05) is 41.5 Å². The van der Waals surface area contributed by atoms with Gasteiger partial charge in [0, 0.05) is 13.2 Å². The number of rotatable bonds is 8. The van der Waals surface area contributed by atoms with Gasteiger partial charge in [0.05, 0.1) is 0 Å². The predicted molar refractivity (Wildman–Crippen MR) is 95.9 cm³/mol. The number of nitrogens with one attached hydrogen (secondary N) is 1. The maximum Gasteiger partial charge on any atom is 0.407 e. The largest absolute Gasteiger partial charge is 0.444 e. The van der Waals surface area contributed by atoms with Crippen LogP contribution in [0.4, 0.5) is 4.79 Å². The molecular formula is C17H37NO3Si. The molecule has 0 aliphatic rings. The summed E-state index contributed by atoms with van der Waals surface area (Å²) < 4.78 is 11.7. The third kappa shape index (κ3) is 6.69. The first kappa shape index (κ1) is 21.4. The average Bonchev–Trinajstić information content (AvgIpc) is 2.29. The van der Waals surface area contributed by atoms with Gasteiger partial charge < -0.3 is 14.5 Å². The van der Waals surface area contributed by atoms with Gasteiger partial charge in [0.1, 0.15) is 5.60 Å². The summed E-state index contributed by atoms with van der Waals surface area (Å²) in [5.74, 6) is 0. The standard InChI is InChI=1S/C17H37NO3Si/c1-13(2)22(14(3)4,15(5)6)20-12-10-11-18-16(19)21-17(7,8)9/h13-15H,10-12H2,1-9H3,(H,18,19). The van der Waals surface area contributed by atoms with Crippen molar-refractivity contribution in [1.82, 2.24) is 5.32 Å². The van der Waals surface area contributed by atoms with Gasteiger partial charge in [0.25, 0.3) is 0 Å². The van der Waals surface area contributed by atoms with E-state index in [4.69, 9.17) is 9.16 Å². The highest BCUT2D eigenvalue weighted by molar-refractivity contribution is 6.77. The Kier molecular flexibility index (Phi) is 8.69. The zero-order valence-corrected chi connectivity index (χ0v) is 17.1. The second-order valence-corrected chi connectivity index (χ2v) is 13.4. The molecule has 22 heavy (non-hydrogen) atoms. The van der Waals surface area contributed by atoms with Gasteiger partial charge in [0.15, 0.2) is 8.32 Å². The van der Waals surface area contributed by atoms with Crippen LogP contribution in [0.3, 0.4) is 0 Å². The maximum absolute atomic E-state index is 11.6. The Morgan fingerprint density at radius 2 is 1.45 bits per heavy atom. The molecular weight excluding hydrogens is 294 g/mol. The molecule has 0 aromatic rings. The monoisotopic (exact) mass is 331 g/mol. The van der Waals surface area contributed by atoms with Gasteiger partial charge in [-0.25, -0.2) is 4.79 Å². The Labute approximate surface area is 138 Å². The Bertz CT molecular complexity index is 314. The van der Waals surface area contributed by atoms with E-state index in [0.717, 1.165) is 6.42 Å². The smallest absolute Gasteiger partial charge is 0.407 e. The van der Waals surface area contributed by atoms with Gasteiger partial charge in [-0.2, -0.15) is 0 Å². The highest BCUT2D eigenvalue weighted by Gasteiger charge is 2.44. The molecule has 0 unspecified atom stereocenters. The van der Waals surface area contributed by atoms with Crippen LogP contribution in [-0.4, -0.2) is 33.2 Å². The van der Waals surface area contributed by atoms with Crippen molar-refractivity contribution in [3.05, 3.63) is 0 Å². The van der Waals surface area contributed by atoms with E-state index in [1.165, 1.54) is 0 Å². The Morgan fingerprint density at radius 1 is 1.00 bits per heavy atom. The third-order valence-corrected chi connectivity index (χ3v) is 10.2. The van der Waals surface area contributed by atoms with Crippen LogP contribution < -0.4 is 5.32 Å². The van der Waals surface area contributed by atoms with E-state index in [2.05, 4.69) is 46.9 Å². The van der Waals surface area contributed by atoms with E-state index in [9.17, 15) is 4.79 Å². The van der Waals surface area contributed by atoms with Gasteiger partial charge in [0.2, 0.25) is 0 Å². The fraction of sp³-hybridized carbons (Fsp3) is 0.941. The van der Waals surface area contributed by atoms with Gasteiger partial charge >= 0.3 is 6.09 Å². The van der Waals surface area contributed by atoms with Crippen LogP contribution in [0.25, 0.3) is 0 Å². The maximum atomic E-state index is 11.6. The lowest BCUT2D eigenvalue weighted by molar-refractivity contribution is 0.0525. The topological polar surface area (TPSA) is 47.6 Å². The minimum atomic E-state index is -1.79. The van der Waals surface area contributed by atoms with Crippen LogP contribution in [0.15, 0.2) is 0 Å². The van der Waals surface area contributed by atoms with Crippen LogP contribution in [0, 0.1) is 0 Å². The Morgan fingerprint density at radius 3 is 1.82 bits per heavy atom. The minimum absolute atomic E-state index is 0.354. The van der Waals surface area contributed by atoms with Crippen molar-refractivity contribution in [2.45, 2.75) is 91.0 Å². The molecule has 1 amide bonds. The van der Waals surface area contributed by atoms with Crippen molar-refractivity contribution in [2.24, 2.45) is 0 Å². The second kappa shape index (κ2) is 8.92. The van der Waals surface area contributed by atoms with Crippen LogP contribution in [0.5, 0.6) is 0 Å². The summed E-state index contributed by atoms with van der Waals surface area (Å²) in [5.41, 5.74) is 1.32. The van der Waals surface area contributed by atoms with Crippen molar-refractivity contribution < 1.29 is 14.0 Å². The Hall–Kier alpha value is -0.553. The van der Waals surface area contributed by atoms with Crippen molar-refractivity contribution in [3.8, 4) is 0 Å². The van der Waals surface area contributed by atoms with Crippen LogP contribution in [-0.2, 0) is 9.16 Å². The summed E-state index contributed by atoms with van der Waals surface area (Å²) in [7, 11) is -1.79. The van der Waals surface area contributed by atoms with E-state index < -0.39 is 13.9 Å². The highest BCUT2D eigenvalue weighted by Crippen LogP contribution is 2.42. The van der Waals surface area contributed by atoms with E-state index in [-0.39, 0.29) is 6.09 Å². The van der Waals surface area contributed by atoms with Crippen LogP contribution in [0.1, 0.15) is 68.7 Å². The van der Waals surface area contributed by atoms with E-state index in [1.54, 1.807) is 0 Å². The van der Waals surface area contributed by atoms with Crippen molar-refractivity contribution in [2.75, 3.05) is 13.2 Å². The number of hydrogen-bond donors (Lipinski definition) is 1. The molecule has 0 heterocycles. The molecule has 0 fully saturated rings. The van der Waals surface area contributed by atoms with Crippen LogP contribution >= 0.6 is 0 Å². The van der Waals surface area contributed by atoms with Crippen molar-refractivity contribution in [3.63, 3.8) is 0 Å². The molecule has 0 aliphatic carbocycles. The van der Waals surface area contributed by atoms with Gasteiger partial charge in [-0.3, -0.25) is 0 Å². The minimum Gasteiger partial charge on any atom is -0.444 e. The number of amides is 1.